The summed E-state index contributed by atoms with van der Waals surface area (Å²) in [6.07, 6.45) is 5.33. The van der Waals surface area contributed by atoms with Gasteiger partial charge in [-0.25, -0.2) is 14.4 Å². The lowest BCUT2D eigenvalue weighted by Crippen LogP contribution is -2.08. The topological polar surface area (TPSA) is 68.6 Å². The number of fused-ring (bicyclic) bond motifs is 1. The molecular weight excluding hydrogens is 407 g/mol. The SMILES string of the molecule is C=C(/C=C\C(C)=NC)CNc1ncnc2c(OCCOC)cc(-c3ccc(F)cc3)cc12. The van der Waals surface area contributed by atoms with Gasteiger partial charge in [-0.05, 0) is 54.0 Å². The third kappa shape index (κ3) is 5.98. The first-order valence-electron chi connectivity index (χ1n) is 10.2. The minimum absolute atomic E-state index is 0.285. The Hall–Kier alpha value is -3.58. The first kappa shape index (κ1) is 23.1. The van der Waals surface area contributed by atoms with E-state index in [4.69, 9.17) is 9.47 Å². The third-order valence-corrected chi connectivity index (χ3v) is 4.82. The molecule has 0 radical (unpaired) electrons. The van der Waals surface area contributed by atoms with E-state index in [1.807, 2.05) is 31.2 Å². The van der Waals surface area contributed by atoms with E-state index in [0.29, 0.717) is 36.8 Å². The molecule has 0 unspecified atom stereocenters. The predicted octanol–water partition coefficient (Wildman–Crippen LogP) is 5.08. The molecule has 0 amide bonds. The zero-order valence-corrected chi connectivity index (χ0v) is 18.6. The van der Waals surface area contributed by atoms with E-state index in [0.717, 1.165) is 27.8 Å². The quantitative estimate of drug-likeness (QED) is 0.274. The second kappa shape index (κ2) is 11.2. The van der Waals surface area contributed by atoms with Crippen LogP contribution in [0.25, 0.3) is 22.0 Å². The molecule has 1 heterocycles. The maximum Gasteiger partial charge on any atom is 0.146 e. The van der Waals surface area contributed by atoms with Crippen LogP contribution in [0, 0.1) is 5.82 Å². The third-order valence-electron chi connectivity index (χ3n) is 4.82. The van der Waals surface area contributed by atoms with E-state index in [1.165, 1.54) is 18.5 Å². The Labute approximate surface area is 187 Å². The Morgan fingerprint density at radius 3 is 2.62 bits per heavy atom. The van der Waals surface area contributed by atoms with Crippen LogP contribution in [0.4, 0.5) is 10.2 Å². The fourth-order valence-electron chi connectivity index (χ4n) is 3.00. The van der Waals surface area contributed by atoms with Crippen molar-refractivity contribution >= 4 is 22.4 Å². The molecule has 0 saturated heterocycles. The summed E-state index contributed by atoms with van der Waals surface area (Å²) < 4.78 is 24.5. The zero-order valence-electron chi connectivity index (χ0n) is 18.6. The highest BCUT2D eigenvalue weighted by atomic mass is 19.1. The molecule has 1 aromatic heterocycles. The Morgan fingerprint density at radius 2 is 1.91 bits per heavy atom. The maximum absolute atomic E-state index is 13.4. The largest absolute Gasteiger partial charge is 0.489 e. The molecule has 3 rings (SSSR count). The van der Waals surface area contributed by atoms with E-state index >= 15 is 0 Å². The van der Waals surface area contributed by atoms with Gasteiger partial charge in [0.1, 0.15) is 35.8 Å². The van der Waals surface area contributed by atoms with Gasteiger partial charge >= 0.3 is 0 Å². The van der Waals surface area contributed by atoms with Crippen LogP contribution in [0.15, 0.2) is 72.0 Å². The second-order valence-corrected chi connectivity index (χ2v) is 7.15. The minimum Gasteiger partial charge on any atom is -0.489 e. The van der Waals surface area contributed by atoms with Gasteiger partial charge in [-0.3, -0.25) is 4.99 Å². The molecule has 7 heteroatoms. The lowest BCUT2D eigenvalue weighted by molar-refractivity contribution is 0.147. The number of nitrogens with one attached hydrogen (secondary N) is 1. The van der Waals surface area contributed by atoms with Gasteiger partial charge in [0.25, 0.3) is 0 Å². The van der Waals surface area contributed by atoms with Gasteiger partial charge in [-0.15, -0.1) is 0 Å². The summed E-state index contributed by atoms with van der Waals surface area (Å²) in [5, 5.41) is 4.13. The van der Waals surface area contributed by atoms with Crippen LogP contribution in [0.3, 0.4) is 0 Å². The first-order valence-corrected chi connectivity index (χ1v) is 10.2. The number of ether oxygens (including phenoxy) is 2. The van der Waals surface area contributed by atoms with Gasteiger partial charge < -0.3 is 14.8 Å². The van der Waals surface area contributed by atoms with Crippen molar-refractivity contribution in [3.8, 4) is 16.9 Å². The van der Waals surface area contributed by atoms with Gasteiger partial charge in [-0.2, -0.15) is 0 Å². The van der Waals surface area contributed by atoms with Crippen LogP contribution < -0.4 is 10.1 Å². The number of aliphatic imine (C=N–C) groups is 1. The molecule has 0 bridgehead atoms. The van der Waals surface area contributed by atoms with Crippen molar-refractivity contribution in [2.75, 3.05) is 39.2 Å². The minimum atomic E-state index is -0.285. The molecule has 0 atom stereocenters. The molecule has 0 aliphatic heterocycles. The Morgan fingerprint density at radius 1 is 1.12 bits per heavy atom. The highest BCUT2D eigenvalue weighted by Crippen LogP contribution is 2.34. The molecule has 32 heavy (non-hydrogen) atoms. The lowest BCUT2D eigenvalue weighted by Gasteiger charge is -2.14. The fourth-order valence-corrected chi connectivity index (χ4v) is 3.00. The molecule has 3 aromatic rings. The van der Waals surface area contributed by atoms with Gasteiger partial charge in [0.05, 0.1) is 6.61 Å². The van der Waals surface area contributed by atoms with E-state index in [9.17, 15) is 4.39 Å². The normalized spacial score (nSPS) is 11.8. The van der Waals surface area contributed by atoms with E-state index < -0.39 is 0 Å². The molecule has 166 valence electrons. The number of rotatable bonds is 10. The number of allylic oxidation sites excluding steroid dienone is 1. The molecule has 0 fully saturated rings. The van der Waals surface area contributed by atoms with E-state index in [-0.39, 0.29) is 5.82 Å². The Balaban J connectivity index is 1.97. The summed E-state index contributed by atoms with van der Waals surface area (Å²) in [5.41, 5.74) is 4.21. The van der Waals surface area contributed by atoms with Crippen molar-refractivity contribution in [1.29, 1.82) is 0 Å². The summed E-state index contributed by atoms with van der Waals surface area (Å²) >= 11 is 0. The van der Waals surface area contributed by atoms with Gasteiger partial charge in [-0.1, -0.05) is 24.8 Å². The number of hydrogen-bond donors (Lipinski definition) is 1. The lowest BCUT2D eigenvalue weighted by atomic mass is 10.0. The second-order valence-electron chi connectivity index (χ2n) is 7.15. The molecule has 0 aliphatic carbocycles. The number of nitrogens with zero attached hydrogens (tertiary/aromatic N) is 3. The van der Waals surface area contributed by atoms with Gasteiger partial charge in [0, 0.05) is 31.8 Å². The van der Waals surface area contributed by atoms with Gasteiger partial charge in [0.2, 0.25) is 0 Å². The number of hydrogen-bond acceptors (Lipinski definition) is 6. The smallest absolute Gasteiger partial charge is 0.146 e. The summed E-state index contributed by atoms with van der Waals surface area (Å²) in [5.74, 6) is 0.982. The Kier molecular flexibility index (Phi) is 8.05. The van der Waals surface area contributed by atoms with Crippen LogP contribution in [-0.2, 0) is 4.74 Å². The summed E-state index contributed by atoms with van der Waals surface area (Å²) in [4.78, 5) is 13.0. The number of halogens is 1. The highest BCUT2D eigenvalue weighted by molar-refractivity contribution is 5.96. The summed E-state index contributed by atoms with van der Waals surface area (Å²) in [7, 11) is 3.37. The molecule has 2 aromatic carbocycles. The highest BCUT2D eigenvalue weighted by Gasteiger charge is 2.13. The number of benzene rings is 2. The van der Waals surface area contributed by atoms with E-state index in [1.54, 1.807) is 26.3 Å². The average molecular weight is 435 g/mol. The monoisotopic (exact) mass is 434 g/mol. The van der Waals surface area contributed by atoms with Crippen LogP contribution in [0.5, 0.6) is 5.75 Å². The van der Waals surface area contributed by atoms with Crippen LogP contribution in [0.2, 0.25) is 0 Å². The van der Waals surface area contributed by atoms with Crippen LogP contribution in [0.1, 0.15) is 6.92 Å². The van der Waals surface area contributed by atoms with Crippen molar-refractivity contribution in [1.82, 2.24) is 9.97 Å². The molecule has 1 N–H and O–H groups in total. The predicted molar refractivity (Wildman–Crippen MR) is 128 cm³/mol. The van der Waals surface area contributed by atoms with Gasteiger partial charge in [0.15, 0.2) is 0 Å². The molecular formula is C25H27FN4O2. The number of methoxy groups -OCH3 is 1. The standard InChI is InChI=1S/C25H27FN4O2/c1-17(5-6-18(2)27-3)15-28-25-22-13-20(19-7-9-21(26)10-8-19)14-23(32-12-11-31-4)24(22)29-16-30-25/h5-10,13-14,16H,1,11-12,15H2,2-4H3,(H,28,29,30)/b6-5-,27-18?. The summed E-state index contributed by atoms with van der Waals surface area (Å²) in [6, 6.07) is 10.2. The summed E-state index contributed by atoms with van der Waals surface area (Å²) in [6.45, 7) is 7.33. The number of anilines is 1. The Bertz CT molecular complexity index is 1140. The molecule has 0 spiro atoms. The van der Waals surface area contributed by atoms with Crippen molar-refractivity contribution in [3.05, 3.63) is 72.8 Å². The van der Waals surface area contributed by atoms with Crippen molar-refractivity contribution in [3.63, 3.8) is 0 Å². The number of aromatic nitrogens is 2. The van der Waals surface area contributed by atoms with Crippen LogP contribution >= 0.6 is 0 Å². The van der Waals surface area contributed by atoms with Crippen molar-refractivity contribution in [2.24, 2.45) is 4.99 Å². The molecule has 0 saturated carbocycles. The van der Waals surface area contributed by atoms with Crippen molar-refractivity contribution < 1.29 is 13.9 Å². The van der Waals surface area contributed by atoms with Crippen LogP contribution in [-0.4, -0.2) is 49.6 Å². The maximum atomic E-state index is 13.4. The fraction of sp³-hybridized carbons (Fsp3) is 0.240. The first-order chi connectivity index (χ1) is 15.5. The zero-order chi connectivity index (χ0) is 22.9. The average Bonchev–Trinajstić information content (AvgIpc) is 2.81. The van der Waals surface area contributed by atoms with E-state index in [2.05, 4.69) is 26.9 Å². The van der Waals surface area contributed by atoms with Crippen molar-refractivity contribution in [2.45, 2.75) is 6.92 Å². The molecule has 6 nitrogen and oxygen atoms in total. The molecule has 0 aliphatic rings.